The summed E-state index contributed by atoms with van der Waals surface area (Å²) in [6.45, 7) is 2.82. The first-order chi connectivity index (χ1) is 9.44. The van der Waals surface area contributed by atoms with E-state index in [2.05, 4.69) is 12.2 Å². The van der Waals surface area contributed by atoms with E-state index >= 15 is 0 Å². The summed E-state index contributed by atoms with van der Waals surface area (Å²) in [5.74, 6) is 0. The van der Waals surface area contributed by atoms with Gasteiger partial charge < -0.3 is 5.32 Å². The zero-order chi connectivity index (χ0) is 14.6. The van der Waals surface area contributed by atoms with Crippen molar-refractivity contribution in [3.8, 4) is 0 Å². The Balaban J connectivity index is 2.00. The molecule has 0 bridgehead atoms. The Morgan fingerprint density at radius 2 is 1.85 bits per heavy atom. The summed E-state index contributed by atoms with van der Waals surface area (Å²) in [7, 11) is 0. The summed E-state index contributed by atoms with van der Waals surface area (Å²) in [5.41, 5.74) is 0.977. The third-order valence-electron chi connectivity index (χ3n) is 4.10. The van der Waals surface area contributed by atoms with Crippen LogP contribution in [0.5, 0.6) is 0 Å². The van der Waals surface area contributed by atoms with Crippen LogP contribution in [0.4, 0.5) is 13.2 Å². The predicted octanol–water partition coefficient (Wildman–Crippen LogP) is 4.85. The molecule has 1 nitrogen and oxygen atoms in total. The van der Waals surface area contributed by atoms with E-state index in [4.69, 9.17) is 0 Å². The van der Waals surface area contributed by atoms with Crippen molar-refractivity contribution in [3.05, 3.63) is 35.9 Å². The largest absolute Gasteiger partial charge is 0.390 e. The highest BCUT2D eigenvalue weighted by Crippen LogP contribution is 2.49. The van der Waals surface area contributed by atoms with Crippen molar-refractivity contribution in [2.75, 3.05) is 6.54 Å². The Morgan fingerprint density at radius 1 is 1.20 bits per heavy atom. The van der Waals surface area contributed by atoms with Crippen LogP contribution in [-0.2, 0) is 0 Å². The molecule has 1 aromatic carbocycles. The molecule has 0 radical (unpaired) electrons. The van der Waals surface area contributed by atoms with Gasteiger partial charge in [0.25, 0.3) is 0 Å². The molecule has 1 aliphatic carbocycles. The molecule has 1 fully saturated rings. The summed E-state index contributed by atoms with van der Waals surface area (Å²) in [6.07, 6.45) is -0.471. The number of alkyl halides is 3. The maximum Gasteiger partial charge on any atom is 0.390 e. The second-order valence-corrected chi connectivity index (χ2v) is 5.91. The van der Waals surface area contributed by atoms with Gasteiger partial charge in [-0.25, -0.2) is 0 Å². The Labute approximate surface area is 118 Å². The summed E-state index contributed by atoms with van der Waals surface area (Å²) in [6, 6.07) is 8.31. The van der Waals surface area contributed by atoms with E-state index < -0.39 is 18.6 Å². The normalized spacial score (nSPS) is 18.8. The van der Waals surface area contributed by atoms with Crippen LogP contribution in [0.25, 0.3) is 0 Å². The molecule has 0 heterocycles. The molecule has 1 N–H and O–H groups in total. The molecule has 112 valence electrons. The van der Waals surface area contributed by atoms with E-state index in [1.807, 2.05) is 6.07 Å². The topological polar surface area (TPSA) is 12.0 Å². The van der Waals surface area contributed by atoms with Gasteiger partial charge in [0.15, 0.2) is 0 Å². The maximum absolute atomic E-state index is 12.7. The van der Waals surface area contributed by atoms with E-state index in [1.54, 1.807) is 24.3 Å². The molecule has 2 rings (SSSR count). The van der Waals surface area contributed by atoms with Gasteiger partial charge in [-0.3, -0.25) is 0 Å². The average molecular weight is 285 g/mol. The molecule has 0 spiro atoms. The van der Waals surface area contributed by atoms with E-state index in [1.165, 1.54) is 0 Å². The van der Waals surface area contributed by atoms with Gasteiger partial charge in [-0.1, -0.05) is 43.7 Å². The standard InChI is InChI=1S/C16H22F3N/c1-2-8-15(9-10-15)12-20-14(11-16(17,18)19)13-6-4-3-5-7-13/h3-7,14,20H,2,8-12H2,1H3. The minimum atomic E-state index is -4.14. The fourth-order valence-corrected chi connectivity index (χ4v) is 2.79. The zero-order valence-corrected chi connectivity index (χ0v) is 11.8. The molecule has 0 saturated heterocycles. The molecule has 0 aromatic heterocycles. The maximum atomic E-state index is 12.7. The van der Waals surface area contributed by atoms with E-state index in [9.17, 15) is 13.2 Å². The van der Waals surface area contributed by atoms with Gasteiger partial charge in [-0.05, 0) is 30.2 Å². The fourth-order valence-electron chi connectivity index (χ4n) is 2.79. The molecule has 1 unspecified atom stereocenters. The number of halogens is 3. The second kappa shape index (κ2) is 6.17. The highest BCUT2D eigenvalue weighted by Gasteiger charge is 2.42. The minimum Gasteiger partial charge on any atom is -0.309 e. The molecular formula is C16H22F3N. The molecule has 1 saturated carbocycles. The van der Waals surface area contributed by atoms with E-state index in [0.717, 1.165) is 31.2 Å². The summed E-state index contributed by atoms with van der Waals surface area (Å²) in [5, 5.41) is 3.16. The Hall–Kier alpha value is -1.03. The molecular weight excluding hydrogens is 263 g/mol. The van der Waals surface area contributed by atoms with Gasteiger partial charge in [0.1, 0.15) is 0 Å². The van der Waals surface area contributed by atoms with Crippen molar-refractivity contribution in [3.63, 3.8) is 0 Å². The number of hydrogen-bond donors (Lipinski definition) is 1. The van der Waals surface area contributed by atoms with Crippen LogP contribution in [0.15, 0.2) is 30.3 Å². The molecule has 0 amide bonds. The average Bonchev–Trinajstić information content (AvgIpc) is 3.15. The highest BCUT2D eigenvalue weighted by molar-refractivity contribution is 5.19. The minimum absolute atomic E-state index is 0.257. The van der Waals surface area contributed by atoms with Crippen molar-refractivity contribution in [1.82, 2.24) is 5.32 Å². The van der Waals surface area contributed by atoms with Gasteiger partial charge in [-0.15, -0.1) is 0 Å². The van der Waals surface area contributed by atoms with E-state index in [0.29, 0.717) is 6.54 Å². The lowest BCUT2D eigenvalue weighted by molar-refractivity contribution is -0.140. The molecule has 1 aliphatic rings. The first kappa shape index (κ1) is 15.4. The van der Waals surface area contributed by atoms with Gasteiger partial charge in [0.05, 0.1) is 6.42 Å². The van der Waals surface area contributed by atoms with Crippen LogP contribution in [0.1, 0.15) is 50.6 Å². The van der Waals surface area contributed by atoms with Crippen molar-refractivity contribution < 1.29 is 13.2 Å². The lowest BCUT2D eigenvalue weighted by atomic mass is 9.98. The molecule has 0 aliphatic heterocycles. The highest BCUT2D eigenvalue weighted by atomic mass is 19.4. The first-order valence-corrected chi connectivity index (χ1v) is 7.29. The third-order valence-corrected chi connectivity index (χ3v) is 4.10. The van der Waals surface area contributed by atoms with Crippen LogP contribution >= 0.6 is 0 Å². The van der Waals surface area contributed by atoms with Crippen LogP contribution in [-0.4, -0.2) is 12.7 Å². The monoisotopic (exact) mass is 285 g/mol. The lowest BCUT2D eigenvalue weighted by Gasteiger charge is -2.24. The summed E-state index contributed by atoms with van der Waals surface area (Å²) in [4.78, 5) is 0. The lowest BCUT2D eigenvalue weighted by Crippen LogP contribution is -2.31. The first-order valence-electron chi connectivity index (χ1n) is 7.29. The fraction of sp³-hybridized carbons (Fsp3) is 0.625. The predicted molar refractivity (Wildman–Crippen MR) is 74.4 cm³/mol. The number of rotatable bonds is 7. The quantitative estimate of drug-likeness (QED) is 0.755. The van der Waals surface area contributed by atoms with Crippen molar-refractivity contribution in [2.24, 2.45) is 5.41 Å². The Morgan fingerprint density at radius 3 is 2.35 bits per heavy atom. The zero-order valence-electron chi connectivity index (χ0n) is 11.8. The van der Waals surface area contributed by atoms with Crippen molar-refractivity contribution in [1.29, 1.82) is 0 Å². The van der Waals surface area contributed by atoms with Gasteiger partial charge in [0.2, 0.25) is 0 Å². The Bertz CT molecular complexity index is 409. The van der Waals surface area contributed by atoms with Crippen molar-refractivity contribution in [2.45, 2.75) is 51.2 Å². The number of benzene rings is 1. The number of hydrogen-bond acceptors (Lipinski definition) is 1. The second-order valence-electron chi connectivity index (χ2n) is 5.91. The van der Waals surface area contributed by atoms with Crippen molar-refractivity contribution >= 4 is 0 Å². The summed E-state index contributed by atoms with van der Waals surface area (Å²) >= 11 is 0. The van der Waals surface area contributed by atoms with Crippen LogP contribution < -0.4 is 5.32 Å². The third kappa shape index (κ3) is 4.51. The molecule has 1 atom stereocenters. The summed E-state index contributed by atoms with van der Waals surface area (Å²) < 4.78 is 38.2. The smallest absolute Gasteiger partial charge is 0.309 e. The van der Waals surface area contributed by atoms with Crippen LogP contribution in [0.3, 0.4) is 0 Å². The van der Waals surface area contributed by atoms with Crippen LogP contribution in [0, 0.1) is 5.41 Å². The Kier molecular flexibility index (Phi) is 4.74. The number of nitrogens with one attached hydrogen (secondary N) is 1. The molecule has 4 heteroatoms. The van der Waals surface area contributed by atoms with Gasteiger partial charge in [-0.2, -0.15) is 13.2 Å². The SMILES string of the molecule is CCCC1(CNC(CC(F)(F)F)c2ccccc2)CC1. The molecule has 1 aromatic rings. The van der Waals surface area contributed by atoms with Gasteiger partial charge >= 0.3 is 6.18 Å². The molecule has 20 heavy (non-hydrogen) atoms. The van der Waals surface area contributed by atoms with Gasteiger partial charge in [0, 0.05) is 12.6 Å². The van der Waals surface area contributed by atoms with Crippen LogP contribution in [0.2, 0.25) is 0 Å². The van der Waals surface area contributed by atoms with E-state index in [-0.39, 0.29) is 5.41 Å².